The summed E-state index contributed by atoms with van der Waals surface area (Å²) < 4.78 is 13.6. The van der Waals surface area contributed by atoms with Gasteiger partial charge >= 0.3 is 6.03 Å². The summed E-state index contributed by atoms with van der Waals surface area (Å²) in [6.07, 6.45) is 4.71. The van der Waals surface area contributed by atoms with Crippen LogP contribution in [0.25, 0.3) is 10.4 Å². The van der Waals surface area contributed by atoms with Gasteiger partial charge in [0.15, 0.2) is 0 Å². The van der Waals surface area contributed by atoms with E-state index in [1.165, 1.54) is 16.7 Å². The predicted molar refractivity (Wildman–Crippen MR) is 259 cm³/mol. The first kappa shape index (κ1) is 49.3. The minimum Gasteiger partial charge on any atom is -0.392 e. The molecule has 68 heavy (non-hydrogen) atoms. The van der Waals surface area contributed by atoms with Crippen molar-refractivity contribution in [1.82, 2.24) is 35.4 Å². The number of halogens is 1. The van der Waals surface area contributed by atoms with Crippen LogP contribution in [0.5, 0.6) is 0 Å². The Bertz CT molecular complexity index is 2650. The van der Waals surface area contributed by atoms with E-state index >= 15 is 0 Å². The van der Waals surface area contributed by atoms with Crippen molar-refractivity contribution < 1.29 is 33.8 Å². The van der Waals surface area contributed by atoms with Crippen molar-refractivity contribution in [2.75, 3.05) is 36.8 Å². The number of amides is 5. The molecule has 0 aliphatic carbocycles. The molecule has 2 aliphatic heterocycles. The van der Waals surface area contributed by atoms with Crippen LogP contribution in [0.4, 0.5) is 20.6 Å². The van der Waals surface area contributed by atoms with E-state index in [2.05, 4.69) is 65.1 Å². The van der Waals surface area contributed by atoms with Crippen LogP contribution in [-0.2, 0) is 27.5 Å². The monoisotopic (exact) mass is 943 g/mol. The van der Waals surface area contributed by atoms with Crippen LogP contribution in [0, 0.1) is 30.1 Å². The number of nitrogens with zero attached hydrogens (tertiary/aromatic N) is 5. The van der Waals surface area contributed by atoms with Crippen molar-refractivity contribution in [3.63, 3.8) is 0 Å². The van der Waals surface area contributed by atoms with Gasteiger partial charge in [-0.25, -0.2) is 19.7 Å². The van der Waals surface area contributed by atoms with Crippen molar-refractivity contribution in [1.29, 1.82) is 0 Å². The summed E-state index contributed by atoms with van der Waals surface area (Å²) in [5.41, 5.74) is 7.37. The molecule has 5 heterocycles. The van der Waals surface area contributed by atoms with Crippen LogP contribution in [0.3, 0.4) is 0 Å². The summed E-state index contributed by atoms with van der Waals surface area (Å²) in [5, 5.41) is 31.3. The van der Waals surface area contributed by atoms with Gasteiger partial charge in [-0.15, -0.1) is 11.3 Å². The Morgan fingerprint density at radius 2 is 1.75 bits per heavy atom. The number of aliphatic hydroxyl groups excluding tert-OH is 2. The molecule has 2 aliphatic rings. The van der Waals surface area contributed by atoms with Gasteiger partial charge in [0, 0.05) is 61.2 Å². The zero-order valence-corrected chi connectivity index (χ0v) is 39.5. The number of carbonyl (C=O) groups is 4. The van der Waals surface area contributed by atoms with Crippen LogP contribution >= 0.6 is 11.3 Å². The van der Waals surface area contributed by atoms with Gasteiger partial charge < -0.3 is 41.3 Å². The summed E-state index contributed by atoms with van der Waals surface area (Å²) in [6, 6.07) is 17.9. The maximum atomic E-state index is 14.1. The standard InChI is InChI=1S/C51H58FN9O6S/c1-32-46(68-31-56-32)36-13-10-34(11-14-36)27-55-48(65)43-25-41(63)29-61(43)49(66)47(51(2,3)4)59-45(64)9-6-20-60-21-17-35(18-22-60)37-8-5-7-33(23-37)12-15-39-24-40(16-19-53-39)57-50(67)58-42-26-44(52)54-28-38(42)30-62/h5,7-8,10-11,13-14,16,19,23-24,26,28,31,35,41,43,47,62-63H,6,9,17-18,20-22,25,27,29-30H2,1-4H3,(H,55,65)(H,59,64)(H2,53,54,57,58,67)/t41-,43+,47?/m1/s1. The van der Waals surface area contributed by atoms with Crippen LogP contribution in [0.1, 0.15) is 92.4 Å². The number of pyridine rings is 2. The lowest BCUT2D eigenvalue weighted by molar-refractivity contribution is -0.144. The van der Waals surface area contributed by atoms with Crippen molar-refractivity contribution >= 4 is 46.5 Å². The minimum absolute atomic E-state index is 0.0117. The fourth-order valence-corrected chi connectivity index (χ4v) is 9.35. The number of β-amino-alcohol motifs (C(OH)–C–C–N with tert-alkyl or cyclic N) is 1. The first-order valence-corrected chi connectivity index (χ1v) is 23.7. The van der Waals surface area contributed by atoms with Gasteiger partial charge in [0.05, 0.1) is 34.5 Å². The van der Waals surface area contributed by atoms with Crippen molar-refractivity contribution in [2.45, 2.75) is 97.1 Å². The van der Waals surface area contributed by atoms with Gasteiger partial charge in [0.2, 0.25) is 23.7 Å². The number of hydrogen-bond acceptors (Lipinski definition) is 11. The highest BCUT2D eigenvalue weighted by molar-refractivity contribution is 7.13. The molecule has 2 saturated heterocycles. The number of hydrogen-bond donors (Lipinski definition) is 6. The fraction of sp³-hybridized carbons (Fsp3) is 0.392. The normalized spacial score (nSPS) is 16.9. The molecule has 356 valence electrons. The molecule has 17 heteroatoms. The summed E-state index contributed by atoms with van der Waals surface area (Å²) in [6.45, 7) is 9.96. The molecule has 7 rings (SSSR count). The van der Waals surface area contributed by atoms with Gasteiger partial charge in [0.1, 0.15) is 17.8 Å². The van der Waals surface area contributed by atoms with Crippen LogP contribution in [0.15, 0.2) is 84.6 Å². The maximum absolute atomic E-state index is 14.1. The lowest BCUT2D eigenvalue weighted by Gasteiger charge is -2.35. The summed E-state index contributed by atoms with van der Waals surface area (Å²) in [4.78, 5) is 70.6. The van der Waals surface area contributed by atoms with E-state index in [4.69, 9.17) is 0 Å². The number of likely N-dealkylation sites (tertiary alicyclic amines) is 2. The Labute approximate surface area is 400 Å². The van der Waals surface area contributed by atoms with E-state index in [9.17, 15) is 33.8 Å². The number of benzene rings is 2. The zero-order chi connectivity index (χ0) is 48.4. The Morgan fingerprint density at radius 3 is 2.47 bits per heavy atom. The van der Waals surface area contributed by atoms with E-state index in [0.29, 0.717) is 23.7 Å². The molecule has 0 bridgehead atoms. The molecule has 5 amide bonds. The van der Waals surface area contributed by atoms with Crippen LogP contribution in [-0.4, -0.2) is 103 Å². The number of rotatable bonds is 14. The second-order valence-corrected chi connectivity index (χ2v) is 19.2. The maximum Gasteiger partial charge on any atom is 0.323 e. The van der Waals surface area contributed by atoms with Crippen molar-refractivity contribution in [2.24, 2.45) is 5.41 Å². The summed E-state index contributed by atoms with van der Waals surface area (Å²) in [5.74, 6) is 4.85. The molecule has 6 N–H and O–H groups in total. The number of anilines is 2. The smallest absolute Gasteiger partial charge is 0.323 e. The predicted octanol–water partition coefficient (Wildman–Crippen LogP) is 6.35. The third kappa shape index (κ3) is 13.1. The quantitative estimate of drug-likeness (QED) is 0.0538. The van der Waals surface area contributed by atoms with Crippen LogP contribution in [0.2, 0.25) is 0 Å². The Morgan fingerprint density at radius 1 is 0.971 bits per heavy atom. The molecule has 5 aromatic rings. The average molecular weight is 944 g/mol. The first-order valence-electron chi connectivity index (χ1n) is 22.8. The molecule has 2 fully saturated rings. The highest BCUT2D eigenvalue weighted by Gasteiger charge is 2.44. The first-order chi connectivity index (χ1) is 32.6. The zero-order valence-electron chi connectivity index (χ0n) is 38.7. The molecule has 3 aromatic heterocycles. The van der Waals surface area contributed by atoms with E-state index in [0.717, 1.165) is 72.0 Å². The highest BCUT2D eigenvalue weighted by atomic mass is 32.1. The van der Waals surface area contributed by atoms with Gasteiger partial charge in [-0.05, 0) is 104 Å². The average Bonchev–Trinajstić information content (AvgIpc) is 3.94. The van der Waals surface area contributed by atoms with Gasteiger partial charge in [-0.2, -0.15) is 4.39 Å². The van der Waals surface area contributed by atoms with Gasteiger partial charge in [-0.1, -0.05) is 63.1 Å². The lowest BCUT2D eigenvalue weighted by atomic mass is 9.85. The molecule has 0 spiro atoms. The van der Waals surface area contributed by atoms with Crippen molar-refractivity contribution in [3.8, 4) is 22.3 Å². The number of aromatic nitrogens is 3. The number of carbonyl (C=O) groups excluding carboxylic acids is 4. The fourth-order valence-electron chi connectivity index (χ4n) is 8.54. The topological polar surface area (TPSA) is 202 Å². The highest BCUT2D eigenvalue weighted by Crippen LogP contribution is 2.30. The van der Waals surface area contributed by atoms with E-state index in [1.807, 2.05) is 69.6 Å². The molecular formula is C51H58FN9O6S. The second kappa shape index (κ2) is 22.5. The SMILES string of the molecule is Cc1ncsc1-c1ccc(CNC(=O)[C@@H]2C[C@@H](O)CN2C(=O)C(NC(=O)CCCN2CCC(c3cccc(C#Cc4cc(NC(=O)Nc5cc(F)ncc5CO)ccn4)c3)CC2)C(C)(C)C)cc1. The summed E-state index contributed by atoms with van der Waals surface area (Å²) in [7, 11) is 0. The number of urea groups is 1. The number of nitrogens with one attached hydrogen (secondary N) is 4. The van der Waals surface area contributed by atoms with E-state index < -0.39 is 42.2 Å². The minimum atomic E-state index is -0.888. The summed E-state index contributed by atoms with van der Waals surface area (Å²) >= 11 is 1.58. The Balaban J connectivity index is 0.854. The number of thiazole rings is 1. The molecular weight excluding hydrogens is 886 g/mol. The number of aryl methyl sites for hydroxylation is 1. The molecule has 15 nitrogen and oxygen atoms in total. The van der Waals surface area contributed by atoms with Crippen molar-refractivity contribution in [3.05, 3.63) is 124 Å². The Kier molecular flexibility index (Phi) is 16.3. The number of aliphatic hydroxyl groups is 2. The number of piperidine rings is 1. The third-order valence-electron chi connectivity index (χ3n) is 12.3. The van der Waals surface area contributed by atoms with E-state index in [-0.39, 0.29) is 54.9 Å². The third-order valence-corrected chi connectivity index (χ3v) is 13.2. The van der Waals surface area contributed by atoms with Crippen LogP contribution < -0.4 is 21.3 Å². The molecule has 2 aromatic carbocycles. The van der Waals surface area contributed by atoms with Gasteiger partial charge in [0.25, 0.3) is 0 Å². The molecule has 0 radical (unpaired) electrons. The largest absolute Gasteiger partial charge is 0.392 e. The molecule has 0 saturated carbocycles. The molecule has 3 atom stereocenters. The van der Waals surface area contributed by atoms with E-state index in [1.54, 1.807) is 23.5 Å². The van der Waals surface area contributed by atoms with Gasteiger partial charge in [-0.3, -0.25) is 14.4 Å². The Hall–Kier alpha value is -6.58. The molecule has 1 unspecified atom stereocenters. The second-order valence-electron chi connectivity index (χ2n) is 18.4. The lowest BCUT2D eigenvalue weighted by Crippen LogP contribution is -2.57.